The summed E-state index contributed by atoms with van der Waals surface area (Å²) in [4.78, 5) is 0. The van der Waals surface area contributed by atoms with Crippen LogP contribution in [0.15, 0.2) is 0 Å². The van der Waals surface area contributed by atoms with Gasteiger partial charge in [-0.15, -0.1) is 0 Å². The standard InChI is InChI=1S/C8H14O6/c9-2-1-3-4(5(2)10)6(11)7(12)8(13)14-3/h2-13H,1H2. The summed E-state index contributed by atoms with van der Waals surface area (Å²) >= 11 is 0. The highest BCUT2D eigenvalue weighted by molar-refractivity contribution is 5.00. The fraction of sp³-hybridized carbons (Fsp3) is 1.00. The minimum atomic E-state index is -1.45. The first-order chi connectivity index (χ1) is 6.52. The van der Waals surface area contributed by atoms with Crippen LogP contribution in [0.2, 0.25) is 0 Å². The SMILES string of the molecule is OC1CC2OC(O)C(O)C(O)C2C1O. The van der Waals surface area contributed by atoms with Crippen LogP contribution in [0.4, 0.5) is 0 Å². The van der Waals surface area contributed by atoms with E-state index in [4.69, 9.17) is 4.74 Å². The lowest BCUT2D eigenvalue weighted by Crippen LogP contribution is -2.55. The minimum absolute atomic E-state index is 0.159. The Morgan fingerprint density at radius 3 is 2.14 bits per heavy atom. The Morgan fingerprint density at radius 1 is 0.857 bits per heavy atom. The van der Waals surface area contributed by atoms with E-state index in [9.17, 15) is 25.5 Å². The van der Waals surface area contributed by atoms with E-state index in [-0.39, 0.29) is 6.42 Å². The molecule has 0 spiro atoms. The van der Waals surface area contributed by atoms with Crippen LogP contribution in [0.3, 0.4) is 0 Å². The number of fused-ring (bicyclic) bond motifs is 1. The van der Waals surface area contributed by atoms with Gasteiger partial charge in [0.15, 0.2) is 6.29 Å². The zero-order chi connectivity index (χ0) is 10.5. The summed E-state index contributed by atoms with van der Waals surface area (Å²) < 4.78 is 4.96. The van der Waals surface area contributed by atoms with Gasteiger partial charge in [0.2, 0.25) is 0 Å². The molecule has 0 radical (unpaired) electrons. The molecule has 1 heterocycles. The fourth-order valence-electron chi connectivity index (χ4n) is 2.24. The molecule has 0 aromatic carbocycles. The van der Waals surface area contributed by atoms with E-state index in [1.807, 2.05) is 0 Å². The molecule has 7 atom stereocenters. The zero-order valence-electron chi connectivity index (χ0n) is 7.39. The summed E-state index contributed by atoms with van der Waals surface area (Å²) in [6.45, 7) is 0. The lowest BCUT2D eigenvalue weighted by Gasteiger charge is -2.38. The highest BCUT2D eigenvalue weighted by Crippen LogP contribution is 2.37. The molecule has 2 rings (SSSR count). The largest absolute Gasteiger partial charge is 0.390 e. The van der Waals surface area contributed by atoms with E-state index in [2.05, 4.69) is 0 Å². The molecule has 0 aromatic rings. The summed E-state index contributed by atoms with van der Waals surface area (Å²) in [6, 6.07) is 0. The molecule has 0 amide bonds. The third-order valence-corrected chi connectivity index (χ3v) is 3.04. The lowest BCUT2D eigenvalue weighted by molar-refractivity contribution is -0.269. The summed E-state index contributed by atoms with van der Waals surface area (Å²) in [5, 5.41) is 46.8. The number of rotatable bonds is 0. The van der Waals surface area contributed by atoms with Gasteiger partial charge in [-0.1, -0.05) is 0 Å². The third kappa shape index (κ3) is 1.35. The Labute approximate surface area is 80.4 Å². The van der Waals surface area contributed by atoms with Gasteiger partial charge in [-0.05, 0) is 0 Å². The second-order valence-electron chi connectivity index (χ2n) is 3.92. The van der Waals surface area contributed by atoms with Crippen LogP contribution in [-0.2, 0) is 4.74 Å². The fourth-order valence-corrected chi connectivity index (χ4v) is 2.24. The molecule has 5 N–H and O–H groups in total. The second-order valence-corrected chi connectivity index (χ2v) is 3.92. The van der Waals surface area contributed by atoms with Crippen LogP contribution in [0, 0.1) is 5.92 Å². The maximum atomic E-state index is 9.55. The summed E-state index contributed by atoms with van der Waals surface area (Å²) in [6.07, 6.45) is -6.69. The molecule has 1 saturated carbocycles. The van der Waals surface area contributed by atoms with Gasteiger partial charge in [-0.3, -0.25) is 0 Å². The van der Waals surface area contributed by atoms with Gasteiger partial charge in [0.1, 0.15) is 6.10 Å². The molecule has 7 unspecified atom stereocenters. The molecular formula is C8H14O6. The van der Waals surface area contributed by atoms with E-state index in [1.54, 1.807) is 0 Å². The summed E-state index contributed by atoms with van der Waals surface area (Å²) in [7, 11) is 0. The van der Waals surface area contributed by atoms with E-state index >= 15 is 0 Å². The van der Waals surface area contributed by atoms with Crippen molar-refractivity contribution in [1.82, 2.24) is 0 Å². The number of aliphatic hydroxyl groups is 5. The Morgan fingerprint density at radius 2 is 1.50 bits per heavy atom. The normalized spacial score (nSPS) is 58.5. The highest BCUT2D eigenvalue weighted by atomic mass is 16.6. The molecule has 6 nitrogen and oxygen atoms in total. The molecule has 1 aliphatic heterocycles. The number of ether oxygens (including phenoxy) is 1. The van der Waals surface area contributed by atoms with Crippen molar-refractivity contribution in [1.29, 1.82) is 0 Å². The first kappa shape index (κ1) is 10.3. The minimum Gasteiger partial charge on any atom is -0.390 e. The molecule has 82 valence electrons. The molecule has 1 saturated heterocycles. The lowest BCUT2D eigenvalue weighted by atomic mass is 9.89. The van der Waals surface area contributed by atoms with Crippen molar-refractivity contribution in [3.63, 3.8) is 0 Å². The molecule has 14 heavy (non-hydrogen) atoms. The monoisotopic (exact) mass is 206 g/mol. The molecule has 2 fully saturated rings. The Kier molecular flexibility index (Phi) is 2.50. The van der Waals surface area contributed by atoms with Gasteiger partial charge in [0.05, 0.1) is 24.4 Å². The van der Waals surface area contributed by atoms with Crippen molar-refractivity contribution >= 4 is 0 Å². The average Bonchev–Trinajstić information content (AvgIpc) is 2.39. The van der Waals surface area contributed by atoms with Crippen LogP contribution < -0.4 is 0 Å². The zero-order valence-corrected chi connectivity index (χ0v) is 7.39. The first-order valence-electron chi connectivity index (χ1n) is 4.58. The van der Waals surface area contributed by atoms with E-state index in [0.717, 1.165) is 0 Å². The second kappa shape index (κ2) is 3.41. The van der Waals surface area contributed by atoms with Gasteiger partial charge in [-0.25, -0.2) is 0 Å². The van der Waals surface area contributed by atoms with E-state index in [0.29, 0.717) is 0 Å². The first-order valence-corrected chi connectivity index (χ1v) is 4.58. The van der Waals surface area contributed by atoms with Crippen LogP contribution in [0.25, 0.3) is 0 Å². The van der Waals surface area contributed by atoms with Gasteiger partial charge in [0, 0.05) is 12.3 Å². The maximum Gasteiger partial charge on any atom is 0.183 e. The van der Waals surface area contributed by atoms with Crippen LogP contribution in [0.5, 0.6) is 0 Å². The third-order valence-electron chi connectivity index (χ3n) is 3.04. The van der Waals surface area contributed by atoms with E-state index < -0.39 is 42.7 Å². The number of aliphatic hydroxyl groups excluding tert-OH is 5. The van der Waals surface area contributed by atoms with Crippen LogP contribution in [-0.4, -0.2) is 62.3 Å². The predicted molar refractivity (Wildman–Crippen MR) is 43.0 cm³/mol. The molecular weight excluding hydrogens is 192 g/mol. The molecule has 0 bridgehead atoms. The Hall–Kier alpha value is -0.240. The quantitative estimate of drug-likeness (QED) is 0.292. The number of hydrogen-bond acceptors (Lipinski definition) is 6. The highest BCUT2D eigenvalue weighted by Gasteiger charge is 2.53. The van der Waals surface area contributed by atoms with Crippen molar-refractivity contribution in [3.8, 4) is 0 Å². The van der Waals surface area contributed by atoms with Crippen molar-refractivity contribution in [2.75, 3.05) is 0 Å². The van der Waals surface area contributed by atoms with Gasteiger partial charge in [0.25, 0.3) is 0 Å². The topological polar surface area (TPSA) is 110 Å². The van der Waals surface area contributed by atoms with Crippen molar-refractivity contribution < 1.29 is 30.3 Å². The molecule has 6 heteroatoms. The van der Waals surface area contributed by atoms with Crippen LogP contribution in [0.1, 0.15) is 6.42 Å². The Bertz CT molecular complexity index is 220. The van der Waals surface area contributed by atoms with Crippen molar-refractivity contribution in [3.05, 3.63) is 0 Å². The van der Waals surface area contributed by atoms with Gasteiger partial charge >= 0.3 is 0 Å². The van der Waals surface area contributed by atoms with E-state index in [1.165, 1.54) is 0 Å². The summed E-state index contributed by atoms with van der Waals surface area (Å²) in [5.74, 6) is -0.733. The molecule has 1 aliphatic carbocycles. The Balaban J connectivity index is 2.18. The van der Waals surface area contributed by atoms with Crippen molar-refractivity contribution in [2.45, 2.75) is 43.2 Å². The number of hydrogen-bond donors (Lipinski definition) is 5. The smallest absolute Gasteiger partial charge is 0.183 e. The maximum absolute atomic E-state index is 9.55. The van der Waals surface area contributed by atoms with Gasteiger partial charge in [-0.2, -0.15) is 0 Å². The predicted octanol–water partition coefficient (Wildman–Crippen LogP) is -2.83. The molecule has 0 aromatic heterocycles. The van der Waals surface area contributed by atoms with Gasteiger partial charge < -0.3 is 30.3 Å². The average molecular weight is 206 g/mol. The van der Waals surface area contributed by atoms with Crippen LogP contribution >= 0.6 is 0 Å². The van der Waals surface area contributed by atoms with Crippen molar-refractivity contribution in [2.24, 2.45) is 5.92 Å². The summed E-state index contributed by atoms with van der Waals surface area (Å²) in [5.41, 5.74) is 0. The molecule has 2 aliphatic rings.